The molecule has 32 heavy (non-hydrogen) atoms. The average Bonchev–Trinajstić information content (AvgIpc) is 2.79. The minimum atomic E-state index is 0. The van der Waals surface area contributed by atoms with Gasteiger partial charge in [0.15, 0.2) is 0 Å². The van der Waals surface area contributed by atoms with E-state index in [1.807, 2.05) is 75.2 Å². The number of nitrogens with one attached hydrogen (secondary N) is 1. The molecular weight excluding hydrogens is 491 g/mol. The van der Waals surface area contributed by atoms with Gasteiger partial charge < -0.3 is 19.1 Å². The molecule has 2 rings (SSSR count). The second-order valence-corrected chi connectivity index (χ2v) is 9.07. The van der Waals surface area contributed by atoms with Crippen LogP contribution in [0.25, 0.3) is 0 Å². The Kier molecular flexibility index (Phi) is 18.6. The van der Waals surface area contributed by atoms with E-state index >= 15 is 0 Å². The molecule has 0 aliphatic carbocycles. The van der Waals surface area contributed by atoms with Crippen molar-refractivity contribution in [3.63, 3.8) is 0 Å². The molecule has 0 saturated carbocycles. The van der Waals surface area contributed by atoms with E-state index in [-0.39, 0.29) is 24.8 Å². The normalized spacial score (nSPS) is 10.1. The fraction of sp³-hybridized carbons (Fsp3) is 0.455. The molecule has 10 heteroatoms. The van der Waals surface area contributed by atoms with Crippen molar-refractivity contribution in [3.8, 4) is 23.0 Å². The van der Waals surface area contributed by atoms with Gasteiger partial charge in [-0.2, -0.15) is 5.48 Å². The Morgan fingerprint density at radius 1 is 0.750 bits per heavy atom. The number of hydrogen-bond donors (Lipinski definition) is 1. The van der Waals surface area contributed by atoms with Gasteiger partial charge in [-0.05, 0) is 55.0 Å². The standard InChI is InChI=1S/C22H32N2O4S2.2ClH/c1-4-5-15-24(28-22-12-8-20(26-3)9-13-22)16-18-30-29-17-14-23-27-21-10-6-19(25-2)7-11-21;;/h6-13,23H,4-5,14-18H2,1-3H3;2*1H. The van der Waals surface area contributed by atoms with Gasteiger partial charge in [0.05, 0.1) is 14.2 Å². The van der Waals surface area contributed by atoms with Crippen LogP contribution in [0.4, 0.5) is 0 Å². The molecule has 0 aromatic heterocycles. The molecule has 0 radical (unpaired) electrons. The van der Waals surface area contributed by atoms with Crippen LogP contribution in [0.2, 0.25) is 0 Å². The summed E-state index contributed by atoms with van der Waals surface area (Å²) >= 11 is 0. The number of benzene rings is 2. The quantitative estimate of drug-likeness (QED) is 0.165. The van der Waals surface area contributed by atoms with Gasteiger partial charge in [-0.3, -0.25) is 0 Å². The largest absolute Gasteiger partial charge is 0.497 e. The number of nitrogens with zero attached hydrogens (tertiary/aromatic N) is 1. The van der Waals surface area contributed by atoms with Crippen molar-refractivity contribution in [2.45, 2.75) is 19.8 Å². The Labute approximate surface area is 212 Å². The summed E-state index contributed by atoms with van der Waals surface area (Å²) in [5.41, 5.74) is 2.99. The lowest BCUT2D eigenvalue weighted by Gasteiger charge is -2.22. The lowest BCUT2D eigenvalue weighted by Crippen LogP contribution is -2.30. The van der Waals surface area contributed by atoms with Gasteiger partial charge in [0.25, 0.3) is 0 Å². The Bertz CT molecular complexity index is 697. The van der Waals surface area contributed by atoms with Gasteiger partial charge in [-0.25, -0.2) is 0 Å². The zero-order valence-corrected chi connectivity index (χ0v) is 22.0. The van der Waals surface area contributed by atoms with Gasteiger partial charge in [0.2, 0.25) is 0 Å². The second-order valence-electron chi connectivity index (χ2n) is 6.37. The maximum Gasteiger partial charge on any atom is 0.147 e. The molecule has 0 spiro atoms. The molecule has 2 aromatic rings. The molecule has 0 fully saturated rings. The van der Waals surface area contributed by atoms with Gasteiger partial charge in [-0.1, -0.05) is 34.9 Å². The van der Waals surface area contributed by atoms with Gasteiger partial charge in [0, 0.05) is 31.1 Å². The highest BCUT2D eigenvalue weighted by Gasteiger charge is 2.07. The van der Waals surface area contributed by atoms with Crippen LogP contribution in [-0.2, 0) is 0 Å². The summed E-state index contributed by atoms with van der Waals surface area (Å²) in [6.07, 6.45) is 2.25. The number of unbranched alkanes of at least 4 members (excludes halogenated alkanes) is 1. The number of halogens is 2. The third-order valence-corrected chi connectivity index (χ3v) is 6.49. The molecule has 0 amide bonds. The molecule has 0 atom stereocenters. The van der Waals surface area contributed by atoms with Crippen molar-refractivity contribution in [1.29, 1.82) is 0 Å². The van der Waals surface area contributed by atoms with Crippen molar-refractivity contribution in [2.75, 3.05) is 45.4 Å². The number of methoxy groups -OCH3 is 2. The maximum absolute atomic E-state index is 6.04. The van der Waals surface area contributed by atoms with Crippen LogP contribution in [0.5, 0.6) is 23.0 Å². The highest BCUT2D eigenvalue weighted by atomic mass is 35.5. The minimum Gasteiger partial charge on any atom is -0.497 e. The summed E-state index contributed by atoms with van der Waals surface area (Å²) in [4.78, 5) is 11.6. The predicted octanol–water partition coefficient (Wildman–Crippen LogP) is 5.91. The van der Waals surface area contributed by atoms with E-state index in [1.54, 1.807) is 14.2 Å². The van der Waals surface area contributed by atoms with Crippen molar-refractivity contribution in [2.24, 2.45) is 0 Å². The first-order valence-electron chi connectivity index (χ1n) is 10.1. The molecular formula is C22H34Cl2N2O4S2. The van der Waals surface area contributed by atoms with E-state index in [0.717, 1.165) is 67.0 Å². The van der Waals surface area contributed by atoms with Crippen LogP contribution >= 0.6 is 46.4 Å². The molecule has 1 N–H and O–H groups in total. The van der Waals surface area contributed by atoms with E-state index in [2.05, 4.69) is 12.4 Å². The lowest BCUT2D eigenvalue weighted by atomic mass is 10.3. The smallest absolute Gasteiger partial charge is 0.147 e. The fourth-order valence-electron chi connectivity index (χ4n) is 2.44. The molecule has 0 bridgehead atoms. The van der Waals surface area contributed by atoms with Crippen LogP contribution in [0.15, 0.2) is 48.5 Å². The zero-order valence-electron chi connectivity index (χ0n) is 18.8. The van der Waals surface area contributed by atoms with Crippen molar-refractivity contribution >= 4 is 46.4 Å². The Morgan fingerprint density at radius 3 is 1.84 bits per heavy atom. The first-order chi connectivity index (χ1) is 14.7. The van der Waals surface area contributed by atoms with E-state index < -0.39 is 0 Å². The van der Waals surface area contributed by atoms with Crippen LogP contribution in [-0.4, -0.2) is 50.4 Å². The topological polar surface area (TPSA) is 52.2 Å². The third-order valence-electron chi connectivity index (χ3n) is 4.10. The molecule has 0 aliphatic heterocycles. The van der Waals surface area contributed by atoms with E-state index in [0.29, 0.717) is 0 Å². The number of ether oxygens (including phenoxy) is 2. The van der Waals surface area contributed by atoms with Gasteiger partial charge in [0.1, 0.15) is 23.0 Å². The van der Waals surface area contributed by atoms with E-state index in [4.69, 9.17) is 19.1 Å². The van der Waals surface area contributed by atoms with E-state index in [9.17, 15) is 0 Å². The van der Waals surface area contributed by atoms with Crippen LogP contribution in [0.3, 0.4) is 0 Å². The first kappa shape index (κ1) is 30.8. The molecule has 0 aliphatic rings. The number of hydroxylamine groups is 3. The summed E-state index contributed by atoms with van der Waals surface area (Å²) in [7, 11) is 6.99. The molecule has 0 heterocycles. The van der Waals surface area contributed by atoms with Crippen LogP contribution in [0, 0.1) is 0 Å². The minimum absolute atomic E-state index is 0. The Balaban J connectivity index is 0.00000480. The van der Waals surface area contributed by atoms with Crippen molar-refractivity contribution < 1.29 is 19.1 Å². The lowest BCUT2D eigenvalue weighted by molar-refractivity contribution is -0.0534. The Hall–Kier alpha value is -1.16. The number of hydrogen-bond acceptors (Lipinski definition) is 8. The molecule has 0 saturated heterocycles. The summed E-state index contributed by atoms with van der Waals surface area (Å²) < 4.78 is 10.3. The molecule has 6 nitrogen and oxygen atoms in total. The van der Waals surface area contributed by atoms with Crippen LogP contribution < -0.4 is 24.6 Å². The van der Waals surface area contributed by atoms with E-state index in [1.165, 1.54) is 0 Å². The fourth-order valence-corrected chi connectivity index (χ4v) is 4.30. The highest BCUT2D eigenvalue weighted by Crippen LogP contribution is 2.22. The summed E-state index contributed by atoms with van der Waals surface area (Å²) in [6, 6.07) is 15.2. The summed E-state index contributed by atoms with van der Waals surface area (Å²) in [5.74, 6) is 5.20. The SMILES string of the molecule is CCCCN(CCSSCCNOc1ccc(OC)cc1)Oc1ccc(OC)cc1.Cl.Cl. The Morgan fingerprint density at radius 2 is 1.28 bits per heavy atom. The zero-order chi connectivity index (χ0) is 21.4. The monoisotopic (exact) mass is 524 g/mol. The summed E-state index contributed by atoms with van der Waals surface area (Å²) in [6.45, 7) is 4.76. The maximum atomic E-state index is 6.04. The predicted molar refractivity (Wildman–Crippen MR) is 141 cm³/mol. The average molecular weight is 526 g/mol. The van der Waals surface area contributed by atoms with Gasteiger partial charge in [-0.15, -0.1) is 29.9 Å². The second kappa shape index (κ2) is 19.3. The van der Waals surface area contributed by atoms with Crippen molar-refractivity contribution in [1.82, 2.24) is 10.5 Å². The van der Waals surface area contributed by atoms with Gasteiger partial charge >= 0.3 is 0 Å². The number of rotatable bonds is 16. The molecule has 0 unspecified atom stereocenters. The molecule has 182 valence electrons. The first-order valence-corrected chi connectivity index (χ1v) is 12.6. The van der Waals surface area contributed by atoms with Crippen molar-refractivity contribution in [3.05, 3.63) is 48.5 Å². The summed E-state index contributed by atoms with van der Waals surface area (Å²) in [5, 5.41) is 2.05. The third kappa shape index (κ3) is 12.8. The van der Waals surface area contributed by atoms with Crippen LogP contribution in [0.1, 0.15) is 19.8 Å². The molecule has 2 aromatic carbocycles. The highest BCUT2D eigenvalue weighted by molar-refractivity contribution is 8.76.